The summed E-state index contributed by atoms with van der Waals surface area (Å²) in [5, 5.41) is 13.1. The van der Waals surface area contributed by atoms with Crippen molar-refractivity contribution in [1.82, 2.24) is 24.8 Å². The Kier molecular flexibility index (Phi) is 10.6. The summed E-state index contributed by atoms with van der Waals surface area (Å²) in [6, 6.07) is 15.1. The number of nitrogens with zero attached hydrogens (tertiary/aromatic N) is 7. The number of piperazine rings is 1. The Bertz CT molecular complexity index is 1360. The minimum absolute atomic E-state index is 0. The van der Waals surface area contributed by atoms with Crippen LogP contribution in [0.4, 0.5) is 17.5 Å². The minimum Gasteiger partial charge on any atom is -0.340 e. The van der Waals surface area contributed by atoms with Gasteiger partial charge in [-0.15, -0.1) is 0 Å². The second-order valence-corrected chi connectivity index (χ2v) is 10.9. The average molecular weight is 591 g/mol. The van der Waals surface area contributed by atoms with Gasteiger partial charge in [-0.2, -0.15) is 32.3 Å². The Labute approximate surface area is 255 Å². The van der Waals surface area contributed by atoms with E-state index in [1.54, 1.807) is 6.20 Å². The number of rotatable bonds is 0. The first-order valence-electron chi connectivity index (χ1n) is 13.9. The number of ketones is 1. The van der Waals surface area contributed by atoms with Crippen LogP contribution < -0.4 is 10.2 Å². The smallest absolute Gasteiger partial charge is 0.225 e. The first kappa shape index (κ1) is 30.8. The standard InChI is InChI=1S/C30H34N8O.2H2S/c31-16-23-14-27-5-2-6-28(39)21-37-11-9-36(10-12-37)19-22-3-1-4-26(13-22)35-29-15-24(7-8-32-29)25-17-33-30(34-18-25)38(27)20-23;;/h1,3-4,7-8,13,15,17-18,23,27H,2,5-6,9-12,14,19-21H2,(H,32,35);2*1H2. The van der Waals surface area contributed by atoms with Gasteiger partial charge in [-0.25, -0.2) is 15.0 Å². The first-order valence-corrected chi connectivity index (χ1v) is 13.9. The summed E-state index contributed by atoms with van der Waals surface area (Å²) in [7, 11) is 0. The Morgan fingerprint density at radius 2 is 1.68 bits per heavy atom. The van der Waals surface area contributed by atoms with Gasteiger partial charge >= 0.3 is 0 Å². The summed E-state index contributed by atoms with van der Waals surface area (Å²) in [5.41, 5.74) is 4.15. The molecule has 8 heterocycles. The average Bonchev–Trinajstić information content (AvgIpc) is 3.37. The highest BCUT2D eigenvalue weighted by atomic mass is 32.1. The van der Waals surface area contributed by atoms with Crippen molar-refractivity contribution in [1.29, 1.82) is 5.26 Å². The van der Waals surface area contributed by atoms with Crippen LogP contribution in [0.15, 0.2) is 55.0 Å². The van der Waals surface area contributed by atoms with Crippen molar-refractivity contribution < 1.29 is 4.79 Å². The lowest BCUT2D eigenvalue weighted by molar-refractivity contribution is -0.120. The quantitative estimate of drug-likeness (QED) is 0.415. The SMILES string of the molecule is N#CC1CC2CCCC(=O)CN3CCN(CC3)Cc3cccc(c3)Nc3cc(ccn3)-c3cnc(nc3)N2C1.S.S. The van der Waals surface area contributed by atoms with Crippen molar-refractivity contribution in [2.45, 2.75) is 38.3 Å². The molecule has 2 unspecified atom stereocenters. The molecule has 0 radical (unpaired) electrons. The van der Waals surface area contributed by atoms with Crippen LogP contribution in [0.2, 0.25) is 0 Å². The van der Waals surface area contributed by atoms with Crippen molar-refractivity contribution in [2.75, 3.05) is 49.5 Å². The van der Waals surface area contributed by atoms with Gasteiger partial charge in [0.2, 0.25) is 5.95 Å². The summed E-state index contributed by atoms with van der Waals surface area (Å²) in [5.74, 6) is 1.67. The number of nitrogens with one attached hydrogen (secondary N) is 1. The molecule has 9 nitrogen and oxygen atoms in total. The lowest BCUT2D eigenvalue weighted by atomic mass is 10.0. The maximum Gasteiger partial charge on any atom is 0.225 e. The Balaban J connectivity index is 0.00000194. The van der Waals surface area contributed by atoms with E-state index in [4.69, 9.17) is 9.97 Å². The van der Waals surface area contributed by atoms with Crippen molar-refractivity contribution in [3.63, 3.8) is 0 Å². The molecule has 3 aromatic rings. The van der Waals surface area contributed by atoms with Gasteiger partial charge in [0.25, 0.3) is 0 Å². The number of carbonyl (C=O) groups excluding carboxylic acids is 1. The fourth-order valence-electron chi connectivity index (χ4n) is 5.95. The molecule has 1 N–H and O–H groups in total. The molecule has 6 aliphatic heterocycles. The van der Waals surface area contributed by atoms with Crippen molar-refractivity contribution in [3.8, 4) is 17.2 Å². The second-order valence-electron chi connectivity index (χ2n) is 10.9. The fourth-order valence-corrected chi connectivity index (χ4v) is 5.95. The van der Waals surface area contributed by atoms with E-state index in [0.29, 0.717) is 31.2 Å². The molecule has 41 heavy (non-hydrogen) atoms. The maximum absolute atomic E-state index is 12.8. The van der Waals surface area contributed by atoms with Crippen LogP contribution in [0.25, 0.3) is 11.1 Å². The number of aromatic nitrogens is 3. The van der Waals surface area contributed by atoms with E-state index in [-0.39, 0.29) is 39.0 Å². The molecule has 2 fully saturated rings. The van der Waals surface area contributed by atoms with Crippen LogP contribution in [0.3, 0.4) is 0 Å². The molecular formula is C30H38N8OS2. The van der Waals surface area contributed by atoms with E-state index < -0.39 is 0 Å². The predicted molar refractivity (Wildman–Crippen MR) is 171 cm³/mol. The highest BCUT2D eigenvalue weighted by molar-refractivity contribution is 7.59. The molecule has 0 saturated carbocycles. The first-order chi connectivity index (χ1) is 19.1. The van der Waals surface area contributed by atoms with Crippen molar-refractivity contribution >= 4 is 50.2 Å². The Morgan fingerprint density at radius 1 is 0.927 bits per heavy atom. The minimum atomic E-state index is -0.0452. The zero-order chi connectivity index (χ0) is 26.6. The molecular weight excluding hydrogens is 553 g/mol. The third-order valence-electron chi connectivity index (χ3n) is 8.05. The lowest BCUT2D eigenvalue weighted by Gasteiger charge is -2.34. The number of pyridine rings is 1. The lowest BCUT2D eigenvalue weighted by Crippen LogP contribution is -2.47. The highest BCUT2D eigenvalue weighted by Gasteiger charge is 2.33. The number of nitriles is 1. The Morgan fingerprint density at radius 3 is 2.44 bits per heavy atom. The van der Waals surface area contributed by atoms with E-state index >= 15 is 0 Å². The van der Waals surface area contributed by atoms with E-state index in [1.807, 2.05) is 24.5 Å². The largest absolute Gasteiger partial charge is 0.340 e. The molecule has 0 aliphatic carbocycles. The molecule has 2 aromatic heterocycles. The van der Waals surface area contributed by atoms with Crippen LogP contribution >= 0.6 is 27.0 Å². The second kappa shape index (κ2) is 14.1. The van der Waals surface area contributed by atoms with Crippen LogP contribution in [0, 0.1) is 17.2 Å². The molecule has 9 rings (SSSR count). The number of benzene rings is 1. The van der Waals surface area contributed by atoms with Gasteiger partial charge in [0.1, 0.15) is 11.6 Å². The number of hydrogen-bond donors (Lipinski definition) is 1. The fraction of sp³-hybridized carbons (Fsp3) is 0.433. The summed E-state index contributed by atoms with van der Waals surface area (Å²) >= 11 is 0. The summed E-state index contributed by atoms with van der Waals surface area (Å²) in [4.78, 5) is 33.6. The van der Waals surface area contributed by atoms with Gasteiger partial charge in [0.15, 0.2) is 0 Å². The Hall–Kier alpha value is -3.17. The van der Waals surface area contributed by atoms with Gasteiger partial charge in [-0.3, -0.25) is 14.6 Å². The van der Waals surface area contributed by atoms with Gasteiger partial charge in [-0.05, 0) is 54.7 Å². The van der Waals surface area contributed by atoms with Crippen molar-refractivity contribution in [3.05, 3.63) is 60.6 Å². The summed E-state index contributed by atoms with van der Waals surface area (Å²) in [6.07, 6.45) is 8.53. The zero-order valence-electron chi connectivity index (χ0n) is 23.2. The zero-order valence-corrected chi connectivity index (χ0v) is 25.2. The molecule has 11 heteroatoms. The van der Waals surface area contributed by atoms with Crippen LogP contribution in [0.1, 0.15) is 31.2 Å². The topological polar surface area (TPSA) is 101 Å². The van der Waals surface area contributed by atoms with E-state index in [0.717, 1.165) is 74.6 Å². The van der Waals surface area contributed by atoms with Crippen LogP contribution in [-0.4, -0.2) is 75.8 Å². The molecule has 216 valence electrons. The molecule has 2 atom stereocenters. The van der Waals surface area contributed by atoms with E-state index in [9.17, 15) is 10.1 Å². The number of anilines is 3. The van der Waals surface area contributed by atoms with Gasteiger partial charge in [0.05, 0.1) is 18.5 Å². The molecule has 6 aliphatic rings. The third kappa shape index (κ3) is 7.57. The molecule has 8 bridgehead atoms. The normalized spacial score (nSPS) is 24.3. The molecule has 0 amide bonds. The summed E-state index contributed by atoms with van der Waals surface area (Å²) in [6.45, 7) is 5.77. The van der Waals surface area contributed by atoms with E-state index in [2.05, 4.69) is 55.3 Å². The van der Waals surface area contributed by atoms with Gasteiger partial charge < -0.3 is 10.2 Å². The van der Waals surface area contributed by atoms with Crippen molar-refractivity contribution in [2.24, 2.45) is 5.92 Å². The van der Waals surface area contributed by atoms with Crippen LogP contribution in [0.5, 0.6) is 0 Å². The summed E-state index contributed by atoms with van der Waals surface area (Å²) < 4.78 is 0. The monoisotopic (exact) mass is 590 g/mol. The number of Topliss-reactive ketones (excluding diaryl/α,β-unsaturated/α-hetero) is 1. The maximum atomic E-state index is 12.8. The van der Waals surface area contributed by atoms with Gasteiger partial charge in [0, 0.05) is 81.6 Å². The number of hydrogen-bond acceptors (Lipinski definition) is 9. The van der Waals surface area contributed by atoms with E-state index in [1.165, 1.54) is 5.56 Å². The number of carbonyl (C=O) groups is 1. The predicted octanol–water partition coefficient (Wildman–Crippen LogP) is 4.10. The van der Waals surface area contributed by atoms with Crippen LogP contribution in [-0.2, 0) is 11.3 Å². The highest BCUT2D eigenvalue weighted by Crippen LogP contribution is 2.31. The molecule has 1 aromatic carbocycles. The van der Waals surface area contributed by atoms with Gasteiger partial charge in [-0.1, -0.05) is 12.1 Å². The molecule has 0 spiro atoms. The third-order valence-corrected chi connectivity index (χ3v) is 8.05. The molecule has 2 saturated heterocycles.